The zero-order valence-electron chi connectivity index (χ0n) is 10.5. The SMILES string of the molecule is Brc1csc(-c2nc(C3CC3)c(CNC3CC3)s2)c1. The molecule has 2 aromatic rings. The molecule has 0 aromatic carbocycles. The molecule has 2 nitrogen and oxygen atoms in total. The van der Waals surface area contributed by atoms with Crippen LogP contribution in [0.15, 0.2) is 15.9 Å². The van der Waals surface area contributed by atoms with E-state index < -0.39 is 0 Å². The molecule has 2 aliphatic rings. The molecule has 0 saturated heterocycles. The van der Waals surface area contributed by atoms with Gasteiger partial charge in [0.15, 0.2) is 0 Å². The van der Waals surface area contributed by atoms with E-state index in [1.807, 2.05) is 11.3 Å². The minimum Gasteiger partial charge on any atom is -0.309 e. The van der Waals surface area contributed by atoms with E-state index in [0.29, 0.717) is 0 Å². The molecule has 0 spiro atoms. The lowest BCUT2D eigenvalue weighted by atomic mass is 10.2. The van der Waals surface area contributed by atoms with E-state index in [1.165, 1.54) is 46.1 Å². The van der Waals surface area contributed by atoms with Crippen molar-refractivity contribution in [3.63, 3.8) is 0 Å². The fraction of sp³-hybridized carbons (Fsp3) is 0.500. The molecule has 0 unspecified atom stereocenters. The number of nitrogens with zero attached hydrogens (tertiary/aromatic N) is 1. The summed E-state index contributed by atoms with van der Waals surface area (Å²) < 4.78 is 1.16. The summed E-state index contributed by atoms with van der Waals surface area (Å²) in [7, 11) is 0. The van der Waals surface area contributed by atoms with Crippen molar-refractivity contribution in [3.8, 4) is 9.88 Å². The van der Waals surface area contributed by atoms with E-state index in [4.69, 9.17) is 4.98 Å². The molecular formula is C14H15BrN2S2. The second kappa shape index (κ2) is 4.95. The molecule has 0 aliphatic heterocycles. The maximum atomic E-state index is 4.92. The Balaban J connectivity index is 1.62. The summed E-state index contributed by atoms with van der Waals surface area (Å²) in [6, 6.07) is 2.95. The van der Waals surface area contributed by atoms with Crippen molar-refractivity contribution in [2.45, 2.75) is 44.2 Å². The molecule has 0 atom stereocenters. The minimum absolute atomic E-state index is 0.740. The lowest BCUT2D eigenvalue weighted by molar-refractivity contribution is 0.688. The van der Waals surface area contributed by atoms with Crippen molar-refractivity contribution in [2.24, 2.45) is 0 Å². The van der Waals surface area contributed by atoms with Crippen molar-refractivity contribution in [2.75, 3.05) is 0 Å². The molecular weight excluding hydrogens is 340 g/mol. The van der Waals surface area contributed by atoms with Crippen LogP contribution in [0.1, 0.15) is 42.2 Å². The molecule has 0 amide bonds. The van der Waals surface area contributed by atoms with E-state index >= 15 is 0 Å². The van der Waals surface area contributed by atoms with E-state index in [-0.39, 0.29) is 0 Å². The lowest BCUT2D eigenvalue weighted by Crippen LogP contribution is -2.15. The average molecular weight is 355 g/mol. The fourth-order valence-corrected chi connectivity index (χ4v) is 4.81. The molecule has 2 aliphatic carbocycles. The van der Waals surface area contributed by atoms with Gasteiger partial charge in [-0.05, 0) is 47.7 Å². The van der Waals surface area contributed by atoms with Gasteiger partial charge in [0, 0.05) is 33.2 Å². The van der Waals surface area contributed by atoms with Gasteiger partial charge in [-0.3, -0.25) is 0 Å². The zero-order valence-corrected chi connectivity index (χ0v) is 13.7. The number of hydrogen-bond acceptors (Lipinski definition) is 4. The Morgan fingerprint density at radius 3 is 2.79 bits per heavy atom. The van der Waals surface area contributed by atoms with Crippen LogP contribution in [0.25, 0.3) is 9.88 Å². The fourth-order valence-electron chi connectivity index (χ4n) is 2.22. The number of halogens is 1. The molecule has 2 aromatic heterocycles. The number of aromatic nitrogens is 1. The zero-order chi connectivity index (χ0) is 12.8. The van der Waals surface area contributed by atoms with Crippen molar-refractivity contribution in [1.82, 2.24) is 10.3 Å². The third-order valence-corrected chi connectivity index (χ3v) is 6.53. The quantitative estimate of drug-likeness (QED) is 0.836. The van der Waals surface area contributed by atoms with Gasteiger partial charge in [0.2, 0.25) is 0 Å². The summed E-state index contributed by atoms with van der Waals surface area (Å²) in [5.74, 6) is 0.740. The number of thiophene rings is 1. The molecule has 2 saturated carbocycles. The Labute approximate surface area is 129 Å². The number of rotatable bonds is 5. The predicted molar refractivity (Wildman–Crippen MR) is 85.0 cm³/mol. The Morgan fingerprint density at radius 1 is 1.32 bits per heavy atom. The minimum atomic E-state index is 0.740. The standard InChI is InChI=1S/C14H15BrN2S2/c15-9-5-11(18-7-9)14-17-13(8-1-2-8)12(19-14)6-16-10-3-4-10/h5,7-8,10,16H,1-4,6H2. The Hall–Kier alpha value is -0.230. The summed E-state index contributed by atoms with van der Waals surface area (Å²) in [4.78, 5) is 7.68. The monoisotopic (exact) mass is 354 g/mol. The van der Waals surface area contributed by atoms with Gasteiger partial charge in [-0.25, -0.2) is 4.98 Å². The third-order valence-electron chi connectivity index (χ3n) is 3.60. The Morgan fingerprint density at radius 2 is 2.16 bits per heavy atom. The first-order valence-corrected chi connectivity index (χ1v) is 9.26. The molecule has 0 bridgehead atoms. The van der Waals surface area contributed by atoms with Crippen LogP contribution in [0.5, 0.6) is 0 Å². The van der Waals surface area contributed by atoms with Crippen LogP contribution in [0, 0.1) is 0 Å². The highest BCUT2D eigenvalue weighted by Crippen LogP contribution is 2.45. The largest absolute Gasteiger partial charge is 0.309 e. The molecule has 5 heteroatoms. The van der Waals surface area contributed by atoms with Gasteiger partial charge in [-0.15, -0.1) is 22.7 Å². The van der Waals surface area contributed by atoms with Gasteiger partial charge in [-0.1, -0.05) is 0 Å². The van der Waals surface area contributed by atoms with Crippen molar-refractivity contribution < 1.29 is 0 Å². The lowest BCUT2D eigenvalue weighted by Gasteiger charge is -2.01. The van der Waals surface area contributed by atoms with Gasteiger partial charge in [0.1, 0.15) is 5.01 Å². The number of nitrogens with one attached hydrogen (secondary N) is 1. The van der Waals surface area contributed by atoms with Gasteiger partial charge in [0.25, 0.3) is 0 Å². The van der Waals surface area contributed by atoms with Crippen LogP contribution in [-0.2, 0) is 6.54 Å². The molecule has 4 rings (SSSR count). The molecule has 1 N–H and O–H groups in total. The van der Waals surface area contributed by atoms with Gasteiger partial charge in [-0.2, -0.15) is 0 Å². The van der Waals surface area contributed by atoms with Crippen LogP contribution < -0.4 is 5.32 Å². The molecule has 100 valence electrons. The molecule has 2 heterocycles. The summed E-state index contributed by atoms with van der Waals surface area (Å²) >= 11 is 7.18. The maximum Gasteiger partial charge on any atom is 0.133 e. The first-order chi connectivity index (χ1) is 9.29. The van der Waals surface area contributed by atoms with Crippen molar-refractivity contribution in [1.29, 1.82) is 0 Å². The third kappa shape index (κ3) is 2.79. The maximum absolute atomic E-state index is 4.92. The average Bonchev–Trinajstić information content (AvgIpc) is 3.32. The second-order valence-corrected chi connectivity index (χ2v) is 8.30. The van der Waals surface area contributed by atoms with E-state index in [1.54, 1.807) is 11.3 Å². The van der Waals surface area contributed by atoms with E-state index in [9.17, 15) is 0 Å². The summed E-state index contributed by atoms with van der Waals surface area (Å²) in [5, 5.41) is 6.96. The van der Waals surface area contributed by atoms with Crippen molar-refractivity contribution >= 4 is 38.6 Å². The van der Waals surface area contributed by atoms with Gasteiger partial charge < -0.3 is 5.32 Å². The van der Waals surface area contributed by atoms with Crippen LogP contribution in [-0.4, -0.2) is 11.0 Å². The summed E-state index contributed by atoms with van der Waals surface area (Å²) in [6.07, 6.45) is 5.35. The highest BCUT2D eigenvalue weighted by molar-refractivity contribution is 9.10. The van der Waals surface area contributed by atoms with E-state index in [0.717, 1.165) is 23.0 Å². The molecule has 2 fully saturated rings. The predicted octanol–water partition coefficient (Wildman–Crippen LogP) is 4.76. The first-order valence-electron chi connectivity index (χ1n) is 6.77. The number of hydrogen-bond donors (Lipinski definition) is 1. The highest BCUT2D eigenvalue weighted by atomic mass is 79.9. The van der Waals surface area contributed by atoms with Crippen LogP contribution in [0.3, 0.4) is 0 Å². The molecule has 19 heavy (non-hydrogen) atoms. The smallest absolute Gasteiger partial charge is 0.133 e. The van der Waals surface area contributed by atoms with Gasteiger partial charge in [0.05, 0.1) is 10.6 Å². The summed E-state index contributed by atoms with van der Waals surface area (Å²) in [5.41, 5.74) is 1.37. The normalized spacial score (nSPS) is 19.0. The number of thiazole rings is 1. The Bertz CT molecular complexity index is 596. The Kier molecular flexibility index (Phi) is 3.26. The molecule has 0 radical (unpaired) electrons. The summed E-state index contributed by atoms with van der Waals surface area (Å²) in [6.45, 7) is 1.01. The second-order valence-electron chi connectivity index (χ2n) is 5.39. The van der Waals surface area contributed by atoms with Crippen LogP contribution in [0.4, 0.5) is 0 Å². The first kappa shape index (κ1) is 12.5. The van der Waals surface area contributed by atoms with Crippen molar-refractivity contribution in [3.05, 3.63) is 26.5 Å². The van der Waals surface area contributed by atoms with Crippen LogP contribution >= 0.6 is 38.6 Å². The topological polar surface area (TPSA) is 24.9 Å². The van der Waals surface area contributed by atoms with Gasteiger partial charge >= 0.3 is 0 Å². The van der Waals surface area contributed by atoms with Crippen LogP contribution in [0.2, 0.25) is 0 Å². The van der Waals surface area contributed by atoms with E-state index in [2.05, 4.69) is 32.7 Å². The highest BCUT2D eigenvalue weighted by Gasteiger charge is 2.30.